The Hall–Kier alpha value is -2.08. The predicted molar refractivity (Wildman–Crippen MR) is 107 cm³/mol. The fraction of sp³-hybridized carbons (Fsp3) is 0.636. The van der Waals surface area contributed by atoms with Crippen molar-refractivity contribution in [1.82, 2.24) is 10.2 Å². The maximum atomic E-state index is 13.1. The molecule has 6 nitrogen and oxygen atoms in total. The minimum absolute atomic E-state index is 0.0524. The number of ether oxygens (including phenoxy) is 1. The van der Waals surface area contributed by atoms with Gasteiger partial charge in [0, 0.05) is 25.1 Å². The fourth-order valence-corrected chi connectivity index (χ4v) is 4.73. The topological polar surface area (TPSA) is 78.9 Å². The Kier molecular flexibility index (Phi) is 6.60. The minimum Gasteiger partial charge on any atom is -0.496 e. The highest BCUT2D eigenvalue weighted by atomic mass is 16.5. The normalized spacial score (nSPS) is 24.2. The van der Waals surface area contributed by atoms with Crippen molar-refractivity contribution in [2.45, 2.75) is 63.5 Å². The van der Waals surface area contributed by atoms with Crippen LogP contribution in [0.4, 0.5) is 0 Å². The summed E-state index contributed by atoms with van der Waals surface area (Å²) in [7, 11) is 1.61. The number of methoxy groups -OCH3 is 1. The summed E-state index contributed by atoms with van der Waals surface area (Å²) in [5.74, 6) is 0.386. The lowest BCUT2D eigenvalue weighted by Gasteiger charge is -2.40. The van der Waals surface area contributed by atoms with Gasteiger partial charge in [-0.05, 0) is 38.7 Å². The molecule has 2 N–H and O–H groups in total. The lowest BCUT2D eigenvalue weighted by Crippen LogP contribution is -2.48. The van der Waals surface area contributed by atoms with E-state index in [1.54, 1.807) is 12.0 Å². The van der Waals surface area contributed by atoms with Crippen LogP contribution in [0.25, 0.3) is 0 Å². The van der Waals surface area contributed by atoms with E-state index in [1.807, 2.05) is 31.2 Å². The van der Waals surface area contributed by atoms with Crippen LogP contribution >= 0.6 is 0 Å². The summed E-state index contributed by atoms with van der Waals surface area (Å²) in [5, 5.41) is 13.5. The van der Waals surface area contributed by atoms with Crippen LogP contribution < -0.4 is 10.1 Å². The van der Waals surface area contributed by atoms with Crippen LogP contribution in [0.5, 0.6) is 5.75 Å². The Morgan fingerprint density at radius 1 is 1.32 bits per heavy atom. The first-order valence-corrected chi connectivity index (χ1v) is 10.4. The number of benzene rings is 1. The first-order valence-electron chi connectivity index (χ1n) is 10.4. The molecule has 1 aliphatic carbocycles. The van der Waals surface area contributed by atoms with Gasteiger partial charge in [-0.15, -0.1) is 0 Å². The third-order valence-corrected chi connectivity index (χ3v) is 6.27. The van der Waals surface area contributed by atoms with Gasteiger partial charge in [-0.1, -0.05) is 31.0 Å². The average Bonchev–Trinajstić information content (AvgIpc) is 3.14. The molecule has 0 unspecified atom stereocenters. The molecule has 2 atom stereocenters. The molecule has 2 amide bonds. The summed E-state index contributed by atoms with van der Waals surface area (Å²) in [6.45, 7) is 2.95. The van der Waals surface area contributed by atoms with Crippen LogP contribution in [0.1, 0.15) is 63.5 Å². The molecule has 3 rings (SSSR count). The maximum Gasteiger partial charge on any atom is 0.225 e. The van der Waals surface area contributed by atoms with E-state index in [0.29, 0.717) is 38.1 Å². The lowest BCUT2D eigenvalue weighted by molar-refractivity contribution is -0.143. The van der Waals surface area contributed by atoms with Crippen LogP contribution in [0.15, 0.2) is 24.3 Å². The second-order valence-corrected chi connectivity index (χ2v) is 7.98. The van der Waals surface area contributed by atoms with Gasteiger partial charge in [0.25, 0.3) is 0 Å². The largest absolute Gasteiger partial charge is 0.496 e. The number of aliphatic hydroxyl groups is 1. The third-order valence-electron chi connectivity index (χ3n) is 6.27. The van der Waals surface area contributed by atoms with Gasteiger partial charge in [0.15, 0.2) is 0 Å². The third kappa shape index (κ3) is 4.32. The first-order chi connectivity index (χ1) is 13.5. The monoisotopic (exact) mass is 388 g/mol. The molecule has 2 aliphatic rings. The highest BCUT2D eigenvalue weighted by molar-refractivity contribution is 5.85. The number of carbonyl (C=O) groups excluding carboxylic acids is 2. The molecule has 1 aliphatic heterocycles. The zero-order valence-electron chi connectivity index (χ0n) is 16.9. The molecular weight excluding hydrogens is 356 g/mol. The van der Waals surface area contributed by atoms with Crippen LogP contribution in [0, 0.1) is 5.92 Å². The highest BCUT2D eigenvalue weighted by Gasteiger charge is 2.41. The van der Waals surface area contributed by atoms with Crippen molar-refractivity contribution in [3.63, 3.8) is 0 Å². The Bertz CT molecular complexity index is 700. The van der Waals surface area contributed by atoms with Crippen LogP contribution in [-0.4, -0.2) is 47.6 Å². The zero-order chi connectivity index (χ0) is 20.1. The van der Waals surface area contributed by atoms with Gasteiger partial charge in [-0.25, -0.2) is 0 Å². The molecule has 1 saturated heterocycles. The van der Waals surface area contributed by atoms with Gasteiger partial charge < -0.3 is 20.1 Å². The Morgan fingerprint density at radius 2 is 2.04 bits per heavy atom. The molecule has 1 saturated carbocycles. The Balaban J connectivity index is 1.76. The molecule has 154 valence electrons. The predicted octanol–water partition coefficient (Wildman–Crippen LogP) is 2.81. The van der Waals surface area contributed by atoms with E-state index in [1.165, 1.54) is 0 Å². The fourth-order valence-electron chi connectivity index (χ4n) is 4.73. The second kappa shape index (κ2) is 8.95. The number of rotatable bonds is 7. The van der Waals surface area contributed by atoms with Crippen LogP contribution in [0.2, 0.25) is 0 Å². The summed E-state index contributed by atoms with van der Waals surface area (Å²) < 4.78 is 5.51. The number of amides is 2. The van der Waals surface area contributed by atoms with Gasteiger partial charge in [-0.3, -0.25) is 9.59 Å². The summed E-state index contributed by atoms with van der Waals surface area (Å²) in [6, 6.07) is 7.27. The molecule has 1 heterocycles. The molecule has 2 fully saturated rings. The standard InChI is InChI=1S/C22H32N2O4/c1-3-24-19(25)11-10-17(20(24)16-8-4-5-9-18(16)28-2)21(26)23-15-14-22(27)12-6-7-13-22/h4-5,8-9,17,20,27H,3,6-7,10-15H2,1-2H3,(H,23,26)/t17-,20+/m1/s1. The van der Waals surface area contributed by atoms with Crippen molar-refractivity contribution in [1.29, 1.82) is 0 Å². The summed E-state index contributed by atoms with van der Waals surface area (Å²) in [4.78, 5) is 27.4. The van der Waals surface area contributed by atoms with E-state index in [0.717, 1.165) is 31.2 Å². The first kappa shape index (κ1) is 20.6. The molecule has 1 aromatic rings. The van der Waals surface area contributed by atoms with Crippen LogP contribution in [0.3, 0.4) is 0 Å². The number of hydrogen-bond acceptors (Lipinski definition) is 4. The molecule has 1 aromatic carbocycles. The van der Waals surface area contributed by atoms with E-state index in [4.69, 9.17) is 4.74 Å². The van der Waals surface area contributed by atoms with Crippen molar-refractivity contribution in [2.24, 2.45) is 5.92 Å². The Labute approximate surface area is 167 Å². The number of carbonyl (C=O) groups is 2. The van der Waals surface area contributed by atoms with Crippen molar-refractivity contribution in [3.05, 3.63) is 29.8 Å². The Morgan fingerprint density at radius 3 is 2.71 bits per heavy atom. The van der Waals surface area contributed by atoms with Crippen LogP contribution in [-0.2, 0) is 9.59 Å². The van der Waals surface area contributed by atoms with Crippen molar-refractivity contribution >= 4 is 11.8 Å². The van der Waals surface area contributed by atoms with Crippen molar-refractivity contribution in [2.75, 3.05) is 20.2 Å². The van der Waals surface area contributed by atoms with E-state index >= 15 is 0 Å². The van der Waals surface area contributed by atoms with E-state index in [9.17, 15) is 14.7 Å². The molecular formula is C22H32N2O4. The molecule has 0 bridgehead atoms. The van der Waals surface area contributed by atoms with Gasteiger partial charge in [0.1, 0.15) is 5.75 Å². The number of nitrogens with zero attached hydrogens (tertiary/aromatic N) is 1. The molecule has 0 spiro atoms. The minimum atomic E-state index is -0.632. The maximum absolute atomic E-state index is 13.1. The smallest absolute Gasteiger partial charge is 0.225 e. The van der Waals surface area contributed by atoms with Gasteiger partial charge in [0.05, 0.1) is 24.7 Å². The number of nitrogens with one attached hydrogen (secondary N) is 1. The summed E-state index contributed by atoms with van der Waals surface area (Å²) in [6.07, 6.45) is 5.21. The SMILES string of the molecule is CCN1C(=O)CC[C@@H](C(=O)NCCC2(O)CCCC2)[C@@H]1c1ccccc1OC. The molecule has 6 heteroatoms. The van der Waals surface area contributed by atoms with Gasteiger partial charge in [0.2, 0.25) is 11.8 Å². The molecule has 0 aromatic heterocycles. The highest BCUT2D eigenvalue weighted by Crippen LogP contribution is 2.40. The molecule has 0 radical (unpaired) electrons. The second-order valence-electron chi connectivity index (χ2n) is 7.98. The van der Waals surface area contributed by atoms with E-state index in [2.05, 4.69) is 5.32 Å². The van der Waals surface area contributed by atoms with Gasteiger partial charge >= 0.3 is 0 Å². The molecule has 28 heavy (non-hydrogen) atoms. The number of hydrogen-bond donors (Lipinski definition) is 2. The lowest BCUT2D eigenvalue weighted by atomic mass is 9.83. The van der Waals surface area contributed by atoms with Crippen molar-refractivity contribution < 1.29 is 19.4 Å². The average molecular weight is 389 g/mol. The van der Waals surface area contributed by atoms with Gasteiger partial charge in [-0.2, -0.15) is 0 Å². The number of para-hydroxylation sites is 1. The van der Waals surface area contributed by atoms with E-state index < -0.39 is 5.60 Å². The summed E-state index contributed by atoms with van der Waals surface area (Å²) in [5.41, 5.74) is 0.238. The van der Waals surface area contributed by atoms with E-state index in [-0.39, 0.29) is 23.8 Å². The number of piperidine rings is 1. The zero-order valence-corrected chi connectivity index (χ0v) is 16.9. The summed E-state index contributed by atoms with van der Waals surface area (Å²) >= 11 is 0. The quantitative estimate of drug-likeness (QED) is 0.753. The number of likely N-dealkylation sites (tertiary alicyclic amines) is 1. The van der Waals surface area contributed by atoms with Crippen molar-refractivity contribution in [3.8, 4) is 5.75 Å².